The van der Waals surface area contributed by atoms with E-state index in [9.17, 15) is 4.79 Å². The van der Waals surface area contributed by atoms with E-state index >= 15 is 0 Å². The third-order valence-electron chi connectivity index (χ3n) is 2.34. The summed E-state index contributed by atoms with van der Waals surface area (Å²) in [7, 11) is 0. The number of hydrogen-bond acceptors (Lipinski definition) is 3. The second-order valence-corrected chi connectivity index (χ2v) is 5.21. The quantitative estimate of drug-likeness (QED) is 0.938. The number of aliphatic carboxylic acids is 1. The first-order chi connectivity index (χ1) is 8.18. The minimum Gasteiger partial charge on any atom is -0.481 e. The van der Waals surface area contributed by atoms with E-state index in [0.29, 0.717) is 6.42 Å². The molecular formula is C12H10BrNO2S. The Hall–Kier alpha value is -1.20. The molecule has 2 rings (SSSR count). The number of carboxylic acids is 1. The average Bonchev–Trinajstić information content (AvgIpc) is 2.75. The van der Waals surface area contributed by atoms with Crippen LogP contribution in [0.5, 0.6) is 0 Å². The number of carboxylic acid groups (broad SMARTS) is 1. The molecule has 1 aromatic heterocycles. The molecule has 0 saturated heterocycles. The van der Waals surface area contributed by atoms with Gasteiger partial charge in [-0.1, -0.05) is 34.1 Å². The first-order valence-electron chi connectivity index (χ1n) is 5.07. The molecule has 1 N–H and O–H groups in total. The van der Waals surface area contributed by atoms with Crippen molar-refractivity contribution in [1.82, 2.24) is 4.98 Å². The lowest BCUT2D eigenvalue weighted by atomic mass is 10.1. The highest BCUT2D eigenvalue weighted by Gasteiger charge is 2.12. The molecule has 0 spiro atoms. The Kier molecular flexibility index (Phi) is 3.91. The van der Waals surface area contributed by atoms with E-state index in [1.165, 1.54) is 11.3 Å². The molecule has 1 aromatic carbocycles. The Labute approximate surface area is 111 Å². The van der Waals surface area contributed by atoms with Gasteiger partial charge in [0, 0.05) is 16.5 Å². The Morgan fingerprint density at radius 3 is 2.88 bits per heavy atom. The van der Waals surface area contributed by atoms with Crippen LogP contribution in [0.25, 0.3) is 10.4 Å². The van der Waals surface area contributed by atoms with Crippen LogP contribution in [0.15, 0.2) is 34.2 Å². The fourth-order valence-electron chi connectivity index (χ4n) is 1.54. The maximum Gasteiger partial charge on any atom is 0.303 e. The monoisotopic (exact) mass is 311 g/mol. The second kappa shape index (κ2) is 5.42. The van der Waals surface area contributed by atoms with Crippen LogP contribution >= 0.6 is 27.3 Å². The van der Waals surface area contributed by atoms with E-state index in [0.717, 1.165) is 20.6 Å². The lowest BCUT2D eigenvalue weighted by Gasteiger charge is -2.03. The molecule has 3 nitrogen and oxygen atoms in total. The molecule has 0 unspecified atom stereocenters. The number of hydrogen-bond donors (Lipinski definition) is 1. The zero-order chi connectivity index (χ0) is 12.3. The topological polar surface area (TPSA) is 50.2 Å². The van der Waals surface area contributed by atoms with Crippen molar-refractivity contribution in [2.75, 3.05) is 0 Å². The summed E-state index contributed by atoms with van der Waals surface area (Å²) in [5.41, 5.74) is 3.67. The summed E-state index contributed by atoms with van der Waals surface area (Å²) >= 11 is 5.03. The smallest absolute Gasteiger partial charge is 0.303 e. The minimum absolute atomic E-state index is 0.112. The van der Waals surface area contributed by atoms with Gasteiger partial charge in [0.25, 0.3) is 0 Å². The molecule has 88 valence electrons. The number of aromatic nitrogens is 1. The van der Waals surface area contributed by atoms with Gasteiger partial charge in [-0.05, 0) is 6.07 Å². The number of carbonyl (C=O) groups is 1. The number of rotatable bonds is 4. The lowest BCUT2D eigenvalue weighted by Crippen LogP contribution is -1.98. The normalized spacial score (nSPS) is 10.4. The predicted octanol–water partition coefficient (Wildman–Crippen LogP) is 3.59. The van der Waals surface area contributed by atoms with E-state index in [1.54, 1.807) is 5.51 Å². The fourth-order valence-corrected chi connectivity index (χ4v) is 3.03. The number of thiazole rings is 1. The Morgan fingerprint density at radius 1 is 1.41 bits per heavy atom. The van der Waals surface area contributed by atoms with Gasteiger partial charge in [0.05, 0.1) is 22.5 Å². The predicted molar refractivity (Wildman–Crippen MR) is 71.2 cm³/mol. The van der Waals surface area contributed by atoms with Gasteiger partial charge in [-0.2, -0.15) is 0 Å². The first kappa shape index (κ1) is 12.3. The molecule has 0 fully saturated rings. The molecule has 0 saturated carbocycles. The van der Waals surface area contributed by atoms with E-state index in [-0.39, 0.29) is 6.42 Å². The molecular weight excluding hydrogens is 302 g/mol. The van der Waals surface area contributed by atoms with Crippen molar-refractivity contribution in [2.45, 2.75) is 12.8 Å². The summed E-state index contributed by atoms with van der Waals surface area (Å²) < 4.78 is 1.00. The summed E-state index contributed by atoms with van der Waals surface area (Å²) in [5.74, 6) is -0.795. The largest absolute Gasteiger partial charge is 0.481 e. The Morgan fingerprint density at radius 2 is 2.18 bits per heavy atom. The highest BCUT2D eigenvalue weighted by atomic mass is 79.9. The lowest BCUT2D eigenvalue weighted by molar-refractivity contribution is -0.136. The third-order valence-corrected chi connectivity index (χ3v) is 3.93. The summed E-state index contributed by atoms with van der Waals surface area (Å²) in [6, 6.07) is 7.88. The molecule has 0 radical (unpaired) electrons. The molecule has 1 heterocycles. The van der Waals surface area contributed by atoms with Crippen LogP contribution in [0.4, 0.5) is 0 Å². The van der Waals surface area contributed by atoms with Gasteiger partial charge in [-0.25, -0.2) is 4.98 Å². The molecule has 17 heavy (non-hydrogen) atoms. The van der Waals surface area contributed by atoms with Gasteiger partial charge in [0.2, 0.25) is 0 Å². The summed E-state index contributed by atoms with van der Waals surface area (Å²) in [5, 5.41) is 8.69. The van der Waals surface area contributed by atoms with Crippen LogP contribution in [0, 0.1) is 0 Å². The number of nitrogens with zero attached hydrogens (tertiary/aromatic N) is 1. The van der Waals surface area contributed by atoms with Crippen LogP contribution in [0.3, 0.4) is 0 Å². The van der Waals surface area contributed by atoms with Gasteiger partial charge < -0.3 is 5.11 Å². The highest BCUT2D eigenvalue weighted by molar-refractivity contribution is 9.10. The zero-order valence-electron chi connectivity index (χ0n) is 8.89. The van der Waals surface area contributed by atoms with E-state index < -0.39 is 5.97 Å². The SMILES string of the molecule is O=C(O)CCc1ncsc1-c1ccccc1Br. The van der Waals surface area contributed by atoms with Crippen molar-refractivity contribution in [1.29, 1.82) is 0 Å². The van der Waals surface area contributed by atoms with Gasteiger partial charge in [-0.3, -0.25) is 4.79 Å². The molecule has 0 bridgehead atoms. The average molecular weight is 312 g/mol. The molecule has 5 heteroatoms. The summed E-state index contributed by atoms with van der Waals surface area (Å²) in [4.78, 5) is 15.9. The van der Waals surface area contributed by atoms with Crippen molar-refractivity contribution >= 4 is 33.2 Å². The van der Waals surface area contributed by atoms with Crippen molar-refractivity contribution in [3.8, 4) is 10.4 Å². The van der Waals surface area contributed by atoms with E-state index in [1.807, 2.05) is 24.3 Å². The van der Waals surface area contributed by atoms with Crippen molar-refractivity contribution < 1.29 is 9.90 Å². The highest BCUT2D eigenvalue weighted by Crippen LogP contribution is 2.33. The van der Waals surface area contributed by atoms with Crippen molar-refractivity contribution in [3.05, 3.63) is 39.9 Å². The number of aryl methyl sites for hydroxylation is 1. The molecule has 0 amide bonds. The van der Waals surface area contributed by atoms with Gasteiger partial charge in [-0.15, -0.1) is 11.3 Å². The third kappa shape index (κ3) is 2.92. The van der Waals surface area contributed by atoms with Gasteiger partial charge in [0.15, 0.2) is 0 Å². The van der Waals surface area contributed by atoms with Gasteiger partial charge >= 0.3 is 5.97 Å². The van der Waals surface area contributed by atoms with E-state index in [2.05, 4.69) is 20.9 Å². The molecule has 2 aromatic rings. The molecule has 0 aliphatic heterocycles. The second-order valence-electron chi connectivity index (χ2n) is 3.50. The number of halogens is 1. The van der Waals surface area contributed by atoms with Crippen LogP contribution in [-0.4, -0.2) is 16.1 Å². The maximum atomic E-state index is 10.6. The maximum absolute atomic E-state index is 10.6. The summed E-state index contributed by atoms with van der Waals surface area (Å²) in [6.45, 7) is 0. The van der Waals surface area contributed by atoms with Crippen LogP contribution < -0.4 is 0 Å². The van der Waals surface area contributed by atoms with Crippen molar-refractivity contribution in [3.63, 3.8) is 0 Å². The van der Waals surface area contributed by atoms with Crippen LogP contribution in [0.2, 0.25) is 0 Å². The minimum atomic E-state index is -0.795. The molecule has 0 aliphatic rings. The summed E-state index contributed by atoms with van der Waals surface area (Å²) in [6.07, 6.45) is 0.580. The van der Waals surface area contributed by atoms with Crippen LogP contribution in [0.1, 0.15) is 12.1 Å². The Balaban J connectivity index is 2.31. The standard InChI is InChI=1S/C12H10BrNO2S/c13-9-4-2-1-3-8(9)12-10(14-7-17-12)5-6-11(15)16/h1-4,7H,5-6H2,(H,15,16). The van der Waals surface area contributed by atoms with Crippen LogP contribution in [-0.2, 0) is 11.2 Å². The molecule has 0 atom stereocenters. The zero-order valence-corrected chi connectivity index (χ0v) is 11.3. The van der Waals surface area contributed by atoms with E-state index in [4.69, 9.17) is 5.11 Å². The number of benzene rings is 1. The van der Waals surface area contributed by atoms with Gasteiger partial charge in [0.1, 0.15) is 0 Å². The first-order valence-corrected chi connectivity index (χ1v) is 6.75. The Bertz CT molecular complexity index is 539. The molecule has 0 aliphatic carbocycles. The van der Waals surface area contributed by atoms with Crippen molar-refractivity contribution in [2.24, 2.45) is 0 Å². The fraction of sp³-hybridized carbons (Fsp3) is 0.167.